The van der Waals surface area contributed by atoms with Gasteiger partial charge in [0, 0.05) is 37.5 Å². The van der Waals surface area contributed by atoms with Gasteiger partial charge in [0.05, 0.1) is 45.4 Å². The van der Waals surface area contributed by atoms with Gasteiger partial charge >= 0.3 is 35.8 Å². The number of aliphatic carboxylic acids is 1. The zero-order valence-electron chi connectivity index (χ0n) is 48.4. The van der Waals surface area contributed by atoms with Crippen molar-refractivity contribution in [2.45, 2.75) is 272 Å². The number of carbonyl (C=O) groups excluding carboxylic acids is 5. The summed E-state index contributed by atoms with van der Waals surface area (Å²) in [4.78, 5) is 72.4. The SMILES string of the molecule is CCC(C)(C)C(=O)O.CCC(C)(C)C(=O)OC(C)(C)C12CC3CC(CC(C3)C1)C2.CCC(C)(C)C(=O)OC12CC3CC(O)(CC(O)(C3)C1)C2.CCC(C)C(=O)OC12CC3CC(C1)CC(C(=O)OC1CCOC1=O)(C3)C2. The molecular formula is C61H98O14. The van der Waals surface area contributed by atoms with E-state index in [0.717, 1.165) is 88.4 Å². The number of carbonyl (C=O) groups is 6. The Bertz CT molecular complexity index is 2080. The number of esters is 5. The Morgan fingerprint density at radius 3 is 1.51 bits per heavy atom. The lowest BCUT2D eigenvalue weighted by Gasteiger charge is -2.62. The van der Waals surface area contributed by atoms with Gasteiger partial charge in [0.2, 0.25) is 6.10 Å². The summed E-state index contributed by atoms with van der Waals surface area (Å²) in [6.45, 7) is 25.7. The van der Waals surface area contributed by atoms with Crippen LogP contribution in [0.5, 0.6) is 0 Å². The molecule has 1 aliphatic heterocycles. The predicted molar refractivity (Wildman–Crippen MR) is 281 cm³/mol. The minimum atomic E-state index is -0.842. The molecule has 14 heteroatoms. The molecule has 0 amide bonds. The summed E-state index contributed by atoms with van der Waals surface area (Å²) >= 11 is 0. The highest BCUT2D eigenvalue weighted by Gasteiger charge is 2.66. The molecule has 426 valence electrons. The molecular weight excluding hydrogens is 957 g/mol. The average Bonchev–Trinajstić information content (AvgIpc) is 3.69. The first-order valence-corrected chi connectivity index (χ1v) is 29.4. The smallest absolute Gasteiger partial charge is 0.347 e. The van der Waals surface area contributed by atoms with Crippen molar-refractivity contribution < 1.29 is 67.8 Å². The van der Waals surface area contributed by atoms with Crippen molar-refractivity contribution in [3.63, 3.8) is 0 Å². The Labute approximate surface area is 449 Å². The normalized spacial score (nSPS) is 38.9. The molecule has 12 saturated carbocycles. The van der Waals surface area contributed by atoms with Crippen LogP contribution in [0.3, 0.4) is 0 Å². The molecule has 0 radical (unpaired) electrons. The molecule has 0 aromatic heterocycles. The molecule has 13 fully saturated rings. The molecule has 12 aliphatic carbocycles. The number of ether oxygens (including phenoxy) is 5. The van der Waals surface area contributed by atoms with Gasteiger partial charge in [-0.05, 0) is 206 Å². The van der Waals surface area contributed by atoms with Crippen molar-refractivity contribution in [2.75, 3.05) is 6.61 Å². The van der Waals surface area contributed by atoms with Crippen molar-refractivity contribution in [2.24, 2.45) is 68.5 Å². The van der Waals surface area contributed by atoms with E-state index in [1.165, 1.54) is 38.5 Å². The van der Waals surface area contributed by atoms with E-state index < -0.39 is 56.7 Å². The third-order valence-electron chi connectivity index (χ3n) is 21.2. The Hall–Kier alpha value is -3.26. The first-order chi connectivity index (χ1) is 34.6. The van der Waals surface area contributed by atoms with Crippen molar-refractivity contribution in [1.29, 1.82) is 0 Å². The van der Waals surface area contributed by atoms with Crippen molar-refractivity contribution in [3.8, 4) is 0 Å². The van der Waals surface area contributed by atoms with Crippen molar-refractivity contribution >= 4 is 35.8 Å². The van der Waals surface area contributed by atoms with Crippen molar-refractivity contribution in [1.82, 2.24) is 0 Å². The van der Waals surface area contributed by atoms with Crippen LogP contribution in [0.2, 0.25) is 0 Å². The number of cyclic esters (lactones) is 1. The van der Waals surface area contributed by atoms with Crippen molar-refractivity contribution in [3.05, 3.63) is 0 Å². The molecule has 14 nitrogen and oxygen atoms in total. The molecule has 12 bridgehead atoms. The van der Waals surface area contributed by atoms with Gasteiger partial charge in [-0.3, -0.25) is 24.0 Å². The van der Waals surface area contributed by atoms with E-state index in [1.54, 1.807) is 13.8 Å². The van der Waals surface area contributed by atoms with Crippen LogP contribution < -0.4 is 0 Å². The summed E-state index contributed by atoms with van der Waals surface area (Å²) in [5, 5.41) is 29.8. The monoisotopic (exact) mass is 1050 g/mol. The van der Waals surface area contributed by atoms with Gasteiger partial charge in [0.25, 0.3) is 0 Å². The molecule has 0 spiro atoms. The number of hydrogen-bond acceptors (Lipinski definition) is 13. The molecule has 0 aromatic rings. The fourth-order valence-electron chi connectivity index (χ4n) is 16.3. The lowest BCUT2D eigenvalue weighted by molar-refractivity contribution is -0.264. The van der Waals surface area contributed by atoms with Gasteiger partial charge in [0.15, 0.2) is 0 Å². The number of rotatable bonds is 14. The van der Waals surface area contributed by atoms with E-state index in [0.29, 0.717) is 57.0 Å². The number of carboxylic acids is 1. The van der Waals surface area contributed by atoms with Gasteiger partial charge in [0.1, 0.15) is 16.8 Å². The lowest BCUT2D eigenvalue weighted by Crippen LogP contribution is -2.67. The number of carboxylic acid groups (broad SMARTS) is 1. The maximum absolute atomic E-state index is 13.0. The van der Waals surface area contributed by atoms with Crippen LogP contribution in [-0.4, -0.2) is 91.9 Å². The fourth-order valence-corrected chi connectivity index (χ4v) is 16.3. The second-order valence-electron chi connectivity index (χ2n) is 29.2. The zero-order chi connectivity index (χ0) is 55.6. The van der Waals surface area contributed by atoms with Crippen LogP contribution >= 0.6 is 0 Å². The standard InChI is InChI=1S/C20H28O6.C19H32O2.C16H26O4.C6H12O2/c1-3-12(2)16(21)26-20-9-13-6-14(10-20)8-19(7-13,11-20)18(23)25-15-4-5-24-17(15)22;1-6-17(2,3)16(20)21-18(4,5)19-10-13-7-14(11-19)9-15(8-13)12-19;1-4-13(2,3)12(17)20-16-7-11-5-14(18,9-16)8-15(19,6-11)10-16;1-4-6(2,3)5(7)8/h12-15H,3-11H2,1-2H3;13-15H,6-12H2,1-5H3;11,18-19H,4-10H2,1-3H3;4H2,1-3H3,(H,7,8). The van der Waals surface area contributed by atoms with Crippen LogP contribution in [0.25, 0.3) is 0 Å². The minimum absolute atomic E-state index is 0.00857. The van der Waals surface area contributed by atoms with Crippen LogP contribution in [0, 0.1) is 68.5 Å². The van der Waals surface area contributed by atoms with Crippen LogP contribution in [0.1, 0.15) is 238 Å². The highest BCUT2D eigenvalue weighted by Crippen LogP contribution is 2.66. The van der Waals surface area contributed by atoms with E-state index in [9.17, 15) is 39.0 Å². The lowest BCUT2D eigenvalue weighted by atomic mass is 9.46. The number of aliphatic hydroxyl groups is 2. The van der Waals surface area contributed by atoms with Gasteiger partial charge in [-0.25, -0.2) is 4.79 Å². The summed E-state index contributed by atoms with van der Waals surface area (Å²) < 4.78 is 28.5. The van der Waals surface area contributed by atoms with E-state index in [2.05, 4.69) is 20.8 Å². The Morgan fingerprint density at radius 2 is 1.08 bits per heavy atom. The number of hydrogen-bond donors (Lipinski definition) is 3. The molecule has 1 heterocycles. The molecule has 6 atom stereocenters. The fraction of sp³-hybridized carbons (Fsp3) is 0.902. The second-order valence-corrected chi connectivity index (χ2v) is 29.2. The minimum Gasteiger partial charge on any atom is -0.481 e. The maximum Gasteiger partial charge on any atom is 0.347 e. The highest BCUT2D eigenvalue weighted by atomic mass is 16.6. The third kappa shape index (κ3) is 12.5. The quantitative estimate of drug-likeness (QED) is 0.109. The topological polar surface area (TPSA) is 209 Å². The van der Waals surface area contributed by atoms with E-state index in [4.69, 9.17) is 28.8 Å². The predicted octanol–water partition coefficient (Wildman–Crippen LogP) is 11.4. The highest BCUT2D eigenvalue weighted by molar-refractivity contribution is 5.84. The Kier molecular flexibility index (Phi) is 16.7. The summed E-state index contributed by atoms with van der Waals surface area (Å²) in [5.74, 6) is 1.80. The first kappa shape index (κ1) is 59.4. The molecule has 13 aliphatic rings. The second kappa shape index (κ2) is 21.1. The molecule has 1 saturated heterocycles. The van der Waals surface area contributed by atoms with E-state index in [1.807, 2.05) is 55.4 Å². The molecule has 75 heavy (non-hydrogen) atoms. The van der Waals surface area contributed by atoms with Gasteiger partial charge in [-0.1, -0.05) is 34.6 Å². The van der Waals surface area contributed by atoms with Crippen LogP contribution in [0.15, 0.2) is 0 Å². The third-order valence-corrected chi connectivity index (χ3v) is 21.2. The van der Waals surface area contributed by atoms with Gasteiger partial charge in [-0.15, -0.1) is 0 Å². The van der Waals surface area contributed by atoms with Crippen LogP contribution in [-0.2, 0) is 52.5 Å². The molecule has 13 rings (SSSR count). The first-order valence-electron chi connectivity index (χ1n) is 29.4. The molecule has 6 unspecified atom stereocenters. The average molecular weight is 1060 g/mol. The van der Waals surface area contributed by atoms with Crippen LogP contribution in [0.4, 0.5) is 0 Å². The van der Waals surface area contributed by atoms with E-state index in [-0.39, 0.29) is 52.1 Å². The molecule has 3 N–H and O–H groups in total. The maximum atomic E-state index is 13.0. The zero-order valence-corrected chi connectivity index (χ0v) is 48.4. The van der Waals surface area contributed by atoms with E-state index >= 15 is 0 Å². The van der Waals surface area contributed by atoms with Gasteiger partial charge < -0.3 is 39.0 Å². The Balaban J connectivity index is 0.000000154. The summed E-state index contributed by atoms with van der Waals surface area (Å²) in [6, 6.07) is 0. The summed E-state index contributed by atoms with van der Waals surface area (Å²) in [7, 11) is 0. The Morgan fingerprint density at radius 1 is 0.600 bits per heavy atom. The largest absolute Gasteiger partial charge is 0.481 e. The molecule has 0 aromatic carbocycles. The summed E-state index contributed by atoms with van der Waals surface area (Å²) in [6.07, 6.45) is 19.4. The summed E-state index contributed by atoms with van der Waals surface area (Å²) in [5.41, 5.74) is -4.94. The van der Waals surface area contributed by atoms with Gasteiger partial charge in [-0.2, -0.15) is 0 Å².